The van der Waals surface area contributed by atoms with Crippen LogP contribution >= 0.6 is 22.7 Å². The number of fused-ring (bicyclic) bond motifs is 1. The number of sulfonamides is 1. The van der Waals surface area contributed by atoms with E-state index in [0.717, 1.165) is 15.3 Å². The van der Waals surface area contributed by atoms with E-state index in [2.05, 4.69) is 9.88 Å². The molecule has 2 aromatic heterocycles. The highest BCUT2D eigenvalue weighted by Crippen LogP contribution is 2.30. The summed E-state index contributed by atoms with van der Waals surface area (Å²) in [6.07, 6.45) is 0. The lowest BCUT2D eigenvalue weighted by molar-refractivity contribution is 0.386. The van der Waals surface area contributed by atoms with Crippen LogP contribution in [0.2, 0.25) is 0 Å². The summed E-state index contributed by atoms with van der Waals surface area (Å²) in [5.74, 6) is -0.274. The molecule has 9 heteroatoms. The van der Waals surface area contributed by atoms with E-state index >= 15 is 0 Å². The van der Waals surface area contributed by atoms with Gasteiger partial charge in [0.1, 0.15) is 10.0 Å². The SMILES string of the molecule is O=S(=O)(c1cccs1)N1CCN(c2nc3ccc(F)cc3s2)CC1. The van der Waals surface area contributed by atoms with Gasteiger partial charge in [-0.3, -0.25) is 0 Å². The second kappa shape index (κ2) is 6.07. The Kier molecular flexibility index (Phi) is 4.03. The smallest absolute Gasteiger partial charge is 0.252 e. The maximum Gasteiger partial charge on any atom is 0.252 e. The molecular formula is C15H14FN3O2S3. The summed E-state index contributed by atoms with van der Waals surface area (Å²) in [4.78, 5) is 6.59. The minimum Gasteiger partial charge on any atom is -0.345 e. The van der Waals surface area contributed by atoms with Gasteiger partial charge in [0.15, 0.2) is 5.13 Å². The summed E-state index contributed by atoms with van der Waals surface area (Å²) in [5.41, 5.74) is 0.769. The number of benzene rings is 1. The number of hydrogen-bond acceptors (Lipinski definition) is 6. The van der Waals surface area contributed by atoms with Crippen LogP contribution in [0.3, 0.4) is 0 Å². The lowest BCUT2D eigenvalue weighted by Gasteiger charge is -2.33. The summed E-state index contributed by atoms with van der Waals surface area (Å²) >= 11 is 2.67. The lowest BCUT2D eigenvalue weighted by atomic mass is 10.3. The zero-order valence-electron chi connectivity index (χ0n) is 12.6. The van der Waals surface area contributed by atoms with Crippen molar-refractivity contribution in [3.8, 4) is 0 Å². The molecule has 5 nitrogen and oxygen atoms in total. The predicted molar refractivity (Wildman–Crippen MR) is 94.9 cm³/mol. The third-order valence-electron chi connectivity index (χ3n) is 3.94. The lowest BCUT2D eigenvalue weighted by Crippen LogP contribution is -2.48. The number of thiazole rings is 1. The fourth-order valence-corrected chi connectivity index (χ4v) is 6.29. The summed E-state index contributed by atoms with van der Waals surface area (Å²) in [5, 5.41) is 2.58. The summed E-state index contributed by atoms with van der Waals surface area (Å²) in [6.45, 7) is 1.99. The third kappa shape index (κ3) is 2.81. The molecule has 0 aliphatic carbocycles. The number of hydrogen-bond donors (Lipinski definition) is 0. The molecule has 24 heavy (non-hydrogen) atoms. The Balaban J connectivity index is 1.51. The summed E-state index contributed by atoms with van der Waals surface area (Å²) in [6, 6.07) is 7.93. The molecule has 0 amide bonds. The van der Waals surface area contributed by atoms with E-state index in [1.807, 2.05) is 0 Å². The second-order valence-corrected chi connectivity index (χ2v) is 9.55. The van der Waals surface area contributed by atoms with Crippen LogP contribution in [0.25, 0.3) is 10.2 Å². The molecule has 3 heterocycles. The molecule has 1 saturated heterocycles. The molecule has 0 unspecified atom stereocenters. The summed E-state index contributed by atoms with van der Waals surface area (Å²) in [7, 11) is -3.40. The van der Waals surface area contributed by atoms with Crippen LogP contribution in [0.4, 0.5) is 9.52 Å². The van der Waals surface area contributed by atoms with Gasteiger partial charge < -0.3 is 4.90 Å². The Morgan fingerprint density at radius 1 is 1.12 bits per heavy atom. The average Bonchev–Trinajstić information content (AvgIpc) is 3.24. The largest absolute Gasteiger partial charge is 0.345 e. The molecule has 4 rings (SSSR count). The van der Waals surface area contributed by atoms with Crippen molar-refractivity contribution in [3.63, 3.8) is 0 Å². The number of piperazine rings is 1. The van der Waals surface area contributed by atoms with Crippen molar-refractivity contribution in [1.82, 2.24) is 9.29 Å². The van der Waals surface area contributed by atoms with Gasteiger partial charge in [-0.25, -0.2) is 17.8 Å². The van der Waals surface area contributed by atoms with E-state index in [1.165, 1.54) is 39.1 Å². The van der Waals surface area contributed by atoms with Crippen molar-refractivity contribution in [1.29, 1.82) is 0 Å². The maximum absolute atomic E-state index is 13.3. The van der Waals surface area contributed by atoms with Crippen molar-refractivity contribution in [3.05, 3.63) is 41.5 Å². The van der Waals surface area contributed by atoms with Crippen LogP contribution in [0.15, 0.2) is 39.9 Å². The number of halogens is 1. The summed E-state index contributed by atoms with van der Waals surface area (Å²) < 4.78 is 41.1. The first kappa shape index (κ1) is 15.9. The third-order valence-corrected chi connectivity index (χ3v) is 8.29. The molecule has 1 fully saturated rings. The maximum atomic E-state index is 13.3. The van der Waals surface area contributed by atoms with Crippen LogP contribution < -0.4 is 4.90 Å². The van der Waals surface area contributed by atoms with Crippen LogP contribution in [0.5, 0.6) is 0 Å². The van der Waals surface area contributed by atoms with Crippen LogP contribution in [-0.4, -0.2) is 43.9 Å². The Labute approximate surface area is 147 Å². The molecule has 1 aromatic carbocycles. The van der Waals surface area contributed by atoms with Gasteiger partial charge in [-0.15, -0.1) is 11.3 Å². The van der Waals surface area contributed by atoms with Crippen molar-refractivity contribution in [2.45, 2.75) is 4.21 Å². The van der Waals surface area contributed by atoms with E-state index in [0.29, 0.717) is 30.4 Å². The van der Waals surface area contributed by atoms with E-state index in [9.17, 15) is 12.8 Å². The van der Waals surface area contributed by atoms with Gasteiger partial charge >= 0.3 is 0 Å². The van der Waals surface area contributed by atoms with Crippen LogP contribution in [-0.2, 0) is 10.0 Å². The molecule has 0 saturated carbocycles. The topological polar surface area (TPSA) is 53.5 Å². The molecule has 126 valence electrons. The van der Waals surface area contributed by atoms with E-state index in [1.54, 1.807) is 23.6 Å². The van der Waals surface area contributed by atoms with Gasteiger partial charge in [0.05, 0.1) is 10.2 Å². The van der Waals surface area contributed by atoms with Crippen LogP contribution in [0, 0.1) is 5.82 Å². The number of aromatic nitrogens is 1. The van der Waals surface area contributed by atoms with Crippen LogP contribution in [0.1, 0.15) is 0 Å². The molecule has 0 N–H and O–H groups in total. The minimum absolute atomic E-state index is 0.274. The molecule has 0 bridgehead atoms. The van der Waals surface area contributed by atoms with E-state index < -0.39 is 10.0 Å². The van der Waals surface area contributed by atoms with Crippen molar-refractivity contribution in [2.75, 3.05) is 31.1 Å². The fourth-order valence-electron chi connectivity index (χ4n) is 2.68. The Bertz CT molecular complexity index is 961. The van der Waals surface area contributed by atoms with Gasteiger partial charge in [0.25, 0.3) is 10.0 Å². The quantitative estimate of drug-likeness (QED) is 0.698. The standard InChI is InChI=1S/C15H14FN3O2S3/c16-11-3-4-12-13(10-11)23-15(17-12)18-5-7-19(8-6-18)24(20,21)14-2-1-9-22-14/h1-4,9-10H,5-8H2. The number of anilines is 1. The highest BCUT2D eigenvalue weighted by Gasteiger charge is 2.30. The van der Waals surface area contributed by atoms with E-state index in [-0.39, 0.29) is 5.82 Å². The first-order chi connectivity index (χ1) is 11.5. The molecule has 1 aliphatic rings. The molecule has 3 aromatic rings. The van der Waals surface area contributed by atoms with Crippen molar-refractivity contribution < 1.29 is 12.8 Å². The van der Waals surface area contributed by atoms with Crippen molar-refractivity contribution in [2.24, 2.45) is 0 Å². The van der Waals surface area contributed by atoms with Gasteiger partial charge in [0.2, 0.25) is 0 Å². The molecule has 0 atom stereocenters. The Hall–Kier alpha value is -1.55. The fraction of sp³-hybridized carbons (Fsp3) is 0.267. The molecule has 0 spiro atoms. The number of thiophene rings is 1. The van der Waals surface area contributed by atoms with E-state index in [4.69, 9.17) is 0 Å². The van der Waals surface area contributed by atoms with Gasteiger partial charge in [-0.2, -0.15) is 4.31 Å². The zero-order valence-corrected chi connectivity index (χ0v) is 15.0. The van der Waals surface area contributed by atoms with Crippen molar-refractivity contribution >= 4 is 48.0 Å². The second-order valence-electron chi connectivity index (χ2n) is 5.43. The van der Waals surface area contributed by atoms with Gasteiger partial charge in [-0.05, 0) is 29.6 Å². The highest BCUT2D eigenvalue weighted by molar-refractivity contribution is 7.91. The normalized spacial score (nSPS) is 16.8. The first-order valence-corrected chi connectivity index (χ1v) is 10.5. The van der Waals surface area contributed by atoms with Gasteiger partial charge in [0, 0.05) is 26.2 Å². The predicted octanol–water partition coefficient (Wildman–Crippen LogP) is 3.01. The zero-order chi connectivity index (χ0) is 16.7. The highest BCUT2D eigenvalue weighted by atomic mass is 32.2. The Morgan fingerprint density at radius 2 is 1.92 bits per heavy atom. The average molecular weight is 383 g/mol. The molecule has 1 aliphatic heterocycles. The van der Waals surface area contributed by atoms with Gasteiger partial charge in [-0.1, -0.05) is 17.4 Å². The number of rotatable bonds is 3. The number of nitrogens with zero attached hydrogens (tertiary/aromatic N) is 3. The Morgan fingerprint density at radius 3 is 2.62 bits per heavy atom. The molecule has 0 radical (unpaired) electrons. The molecular weight excluding hydrogens is 369 g/mol. The first-order valence-electron chi connectivity index (χ1n) is 7.39. The minimum atomic E-state index is -3.40. The monoisotopic (exact) mass is 383 g/mol.